The first kappa shape index (κ1) is 15.8. The minimum atomic E-state index is 0.686. The molecule has 0 aliphatic carbocycles. The molecule has 0 N–H and O–H groups in total. The molecule has 0 unspecified atom stereocenters. The van der Waals surface area contributed by atoms with Gasteiger partial charge in [-0.2, -0.15) is 11.8 Å². The average molecular weight is 251 g/mol. The monoisotopic (exact) mass is 251 g/mol. The number of ether oxygens (including phenoxy) is 1. The van der Waals surface area contributed by atoms with E-state index in [9.17, 15) is 0 Å². The summed E-state index contributed by atoms with van der Waals surface area (Å²) in [6.07, 6.45) is 2.10. The number of benzene rings is 1. The highest BCUT2D eigenvalue weighted by atomic mass is 32.2. The maximum Gasteiger partial charge on any atom is 0.121 e. The molecule has 0 aliphatic rings. The fourth-order valence-electron chi connectivity index (χ4n) is 1.15. The van der Waals surface area contributed by atoms with E-state index in [0.29, 0.717) is 5.70 Å². The van der Waals surface area contributed by atoms with Crippen molar-refractivity contribution in [3.8, 4) is 5.75 Å². The predicted molar refractivity (Wildman–Crippen MR) is 80.4 cm³/mol. The SMILES string of the molecule is C=NC(=C)c1ccc(OC)c(C)c1.CCSC. The molecule has 3 heteroatoms. The van der Waals surface area contributed by atoms with Crippen LogP contribution in [0.3, 0.4) is 0 Å². The number of hydrogen-bond donors (Lipinski definition) is 0. The van der Waals surface area contributed by atoms with Gasteiger partial charge in [0.05, 0.1) is 12.8 Å². The van der Waals surface area contributed by atoms with Crippen LogP contribution in [0.2, 0.25) is 0 Å². The molecule has 0 fully saturated rings. The summed E-state index contributed by atoms with van der Waals surface area (Å²) in [4.78, 5) is 3.77. The first-order valence-electron chi connectivity index (χ1n) is 5.40. The summed E-state index contributed by atoms with van der Waals surface area (Å²) in [5.41, 5.74) is 2.74. The van der Waals surface area contributed by atoms with Crippen molar-refractivity contribution >= 4 is 24.2 Å². The predicted octanol–water partition coefficient (Wildman–Crippen LogP) is 4.04. The van der Waals surface area contributed by atoms with E-state index in [0.717, 1.165) is 16.9 Å². The Morgan fingerprint density at radius 1 is 1.47 bits per heavy atom. The first-order chi connectivity index (χ1) is 8.10. The van der Waals surface area contributed by atoms with Crippen molar-refractivity contribution in [1.82, 2.24) is 0 Å². The summed E-state index contributed by atoms with van der Waals surface area (Å²) >= 11 is 1.86. The highest BCUT2D eigenvalue weighted by molar-refractivity contribution is 7.98. The average Bonchev–Trinajstić information content (AvgIpc) is 2.38. The van der Waals surface area contributed by atoms with Crippen LogP contribution in [-0.4, -0.2) is 25.8 Å². The standard InChI is InChI=1S/C11H13NO.C3H8S/c1-8-7-10(9(2)12-3)5-6-11(8)13-4;1-3-4-2/h5-7H,2-3H2,1,4H3;3H2,1-2H3. The van der Waals surface area contributed by atoms with E-state index in [1.165, 1.54) is 5.75 Å². The van der Waals surface area contributed by atoms with Crippen molar-refractivity contribution in [1.29, 1.82) is 0 Å². The van der Waals surface area contributed by atoms with Gasteiger partial charge in [0.15, 0.2) is 0 Å². The van der Waals surface area contributed by atoms with Crippen molar-refractivity contribution in [3.05, 3.63) is 35.9 Å². The minimum Gasteiger partial charge on any atom is -0.496 e. The van der Waals surface area contributed by atoms with E-state index < -0.39 is 0 Å². The molecule has 0 spiro atoms. The fourth-order valence-corrected chi connectivity index (χ4v) is 1.15. The molecule has 2 nitrogen and oxygen atoms in total. The number of aryl methyl sites for hydroxylation is 1. The second-order valence-corrected chi connectivity index (χ2v) is 4.52. The number of thioether (sulfide) groups is 1. The third kappa shape index (κ3) is 5.59. The van der Waals surface area contributed by atoms with Gasteiger partial charge in [0.1, 0.15) is 5.75 Å². The lowest BCUT2D eigenvalue weighted by molar-refractivity contribution is 0.411. The van der Waals surface area contributed by atoms with Gasteiger partial charge in [-0.3, -0.25) is 4.99 Å². The minimum absolute atomic E-state index is 0.686. The zero-order valence-electron chi connectivity index (χ0n) is 11.1. The lowest BCUT2D eigenvalue weighted by Crippen LogP contribution is -1.88. The third-order valence-corrected chi connectivity index (χ3v) is 2.78. The number of rotatable bonds is 4. The molecule has 94 valence electrons. The molecule has 1 aromatic rings. The van der Waals surface area contributed by atoms with Crippen LogP contribution in [0.25, 0.3) is 5.70 Å². The quantitative estimate of drug-likeness (QED) is 0.753. The fraction of sp³-hybridized carbons (Fsp3) is 0.357. The van der Waals surface area contributed by atoms with Gasteiger partial charge in [-0.1, -0.05) is 13.5 Å². The van der Waals surface area contributed by atoms with E-state index in [-0.39, 0.29) is 0 Å². The van der Waals surface area contributed by atoms with Gasteiger partial charge < -0.3 is 4.74 Å². The molecule has 0 bridgehead atoms. The van der Waals surface area contributed by atoms with Crippen LogP contribution in [0.1, 0.15) is 18.1 Å². The first-order valence-corrected chi connectivity index (χ1v) is 6.79. The Labute approximate surface area is 109 Å². The number of methoxy groups -OCH3 is 1. The molecule has 0 aliphatic heterocycles. The molecule has 0 amide bonds. The van der Waals surface area contributed by atoms with E-state index >= 15 is 0 Å². The van der Waals surface area contributed by atoms with E-state index in [1.54, 1.807) is 7.11 Å². The maximum absolute atomic E-state index is 5.14. The van der Waals surface area contributed by atoms with E-state index in [1.807, 2.05) is 36.9 Å². The second kappa shape index (κ2) is 8.88. The van der Waals surface area contributed by atoms with Gasteiger partial charge in [-0.25, -0.2) is 0 Å². The largest absolute Gasteiger partial charge is 0.496 e. The summed E-state index contributed by atoms with van der Waals surface area (Å²) in [6, 6.07) is 5.81. The van der Waals surface area contributed by atoms with Crippen molar-refractivity contribution < 1.29 is 4.74 Å². The van der Waals surface area contributed by atoms with Crippen LogP contribution in [0.5, 0.6) is 5.75 Å². The third-order valence-electron chi connectivity index (χ3n) is 2.21. The van der Waals surface area contributed by atoms with Crippen molar-refractivity contribution in [2.75, 3.05) is 19.1 Å². The van der Waals surface area contributed by atoms with Gasteiger partial charge >= 0.3 is 0 Å². The van der Waals surface area contributed by atoms with E-state index in [2.05, 4.69) is 31.5 Å². The van der Waals surface area contributed by atoms with Gasteiger partial charge in [0, 0.05) is 0 Å². The Morgan fingerprint density at radius 2 is 2.06 bits per heavy atom. The summed E-state index contributed by atoms with van der Waals surface area (Å²) in [6.45, 7) is 11.3. The molecular weight excluding hydrogens is 230 g/mol. The molecule has 0 heterocycles. The highest BCUT2D eigenvalue weighted by Crippen LogP contribution is 2.22. The molecular formula is C14H21NOS. The van der Waals surface area contributed by atoms with Gasteiger partial charge in [0.2, 0.25) is 0 Å². The van der Waals surface area contributed by atoms with Gasteiger partial charge in [-0.05, 0) is 55.0 Å². The van der Waals surface area contributed by atoms with Gasteiger partial charge in [-0.15, -0.1) is 0 Å². The van der Waals surface area contributed by atoms with Crippen LogP contribution < -0.4 is 4.74 Å². The van der Waals surface area contributed by atoms with Crippen LogP contribution in [0, 0.1) is 6.92 Å². The molecule has 0 aromatic heterocycles. The molecule has 1 aromatic carbocycles. The lowest BCUT2D eigenvalue weighted by atomic mass is 10.1. The normalized spacial score (nSPS) is 8.94. The zero-order chi connectivity index (χ0) is 13.3. The highest BCUT2D eigenvalue weighted by Gasteiger charge is 2.00. The second-order valence-electron chi connectivity index (χ2n) is 3.37. The molecule has 0 atom stereocenters. The summed E-state index contributed by atoms with van der Waals surface area (Å²) < 4.78 is 5.14. The molecule has 0 radical (unpaired) electrons. The number of nitrogens with zero attached hydrogens (tertiary/aromatic N) is 1. The molecule has 0 saturated carbocycles. The Bertz CT molecular complexity index is 372. The Balaban J connectivity index is 0.000000557. The zero-order valence-corrected chi connectivity index (χ0v) is 11.9. The van der Waals surface area contributed by atoms with Crippen molar-refractivity contribution in [2.45, 2.75) is 13.8 Å². The van der Waals surface area contributed by atoms with Crippen LogP contribution >= 0.6 is 11.8 Å². The van der Waals surface area contributed by atoms with Crippen molar-refractivity contribution in [2.24, 2.45) is 4.99 Å². The lowest BCUT2D eigenvalue weighted by Gasteiger charge is -2.06. The van der Waals surface area contributed by atoms with Crippen molar-refractivity contribution in [3.63, 3.8) is 0 Å². The van der Waals surface area contributed by atoms with Gasteiger partial charge in [0.25, 0.3) is 0 Å². The van der Waals surface area contributed by atoms with Crippen LogP contribution in [0.4, 0.5) is 0 Å². The van der Waals surface area contributed by atoms with E-state index in [4.69, 9.17) is 4.74 Å². The molecule has 1 rings (SSSR count). The summed E-state index contributed by atoms with van der Waals surface area (Å²) in [5.74, 6) is 2.11. The maximum atomic E-state index is 5.14. The number of aliphatic imine (C=N–C) groups is 1. The van der Waals surface area contributed by atoms with Crippen LogP contribution in [0.15, 0.2) is 29.8 Å². The van der Waals surface area contributed by atoms with Crippen LogP contribution in [-0.2, 0) is 0 Å². The Hall–Kier alpha value is -1.22. The molecule has 17 heavy (non-hydrogen) atoms. The Kier molecular flexibility index (Phi) is 8.24. The Morgan fingerprint density at radius 3 is 2.41 bits per heavy atom. The topological polar surface area (TPSA) is 21.6 Å². The summed E-state index contributed by atoms with van der Waals surface area (Å²) in [7, 11) is 1.66. The summed E-state index contributed by atoms with van der Waals surface area (Å²) in [5, 5.41) is 0. The molecule has 0 saturated heterocycles. The smallest absolute Gasteiger partial charge is 0.121 e. The number of hydrogen-bond acceptors (Lipinski definition) is 3.